The minimum absolute atomic E-state index is 0.0725. The second-order valence-electron chi connectivity index (χ2n) is 17.1. The van der Waals surface area contributed by atoms with Crippen LogP contribution in [-0.2, 0) is 38.3 Å². The van der Waals surface area contributed by atoms with E-state index < -0.39 is 5.97 Å². The van der Waals surface area contributed by atoms with E-state index in [0.29, 0.717) is 32.6 Å². The topological polar surface area (TPSA) is 203 Å². The molecule has 0 atom stereocenters. The number of ether oxygens (including phenoxy) is 1. The first-order valence-electron chi connectivity index (χ1n) is 24.3. The van der Waals surface area contributed by atoms with Crippen molar-refractivity contribution in [3.63, 3.8) is 0 Å². The zero-order valence-corrected chi connectivity index (χ0v) is 42.9. The van der Waals surface area contributed by atoms with Crippen molar-refractivity contribution in [3.05, 3.63) is 109 Å². The molecule has 0 radical (unpaired) electrons. The molecule has 3 saturated heterocycles. The van der Waals surface area contributed by atoms with Crippen LogP contribution >= 0.6 is 0 Å². The van der Waals surface area contributed by atoms with Gasteiger partial charge in [-0.3, -0.25) is 28.8 Å². The van der Waals surface area contributed by atoms with E-state index in [1.807, 2.05) is 25.7 Å². The summed E-state index contributed by atoms with van der Waals surface area (Å²) in [4.78, 5) is 95.4. The van der Waals surface area contributed by atoms with Gasteiger partial charge in [0.25, 0.3) is 0 Å². The Hall–Kier alpha value is -6.26. The Morgan fingerprint density at radius 3 is 1.17 bits per heavy atom. The molecule has 3 heterocycles. The van der Waals surface area contributed by atoms with Crippen LogP contribution in [0.3, 0.4) is 0 Å². The van der Waals surface area contributed by atoms with Crippen molar-refractivity contribution in [2.24, 2.45) is 0 Å². The predicted octanol–water partition coefficient (Wildman–Crippen LogP) is 6.89. The van der Waals surface area contributed by atoms with Gasteiger partial charge in [-0.2, -0.15) is 0 Å². The highest BCUT2D eigenvalue weighted by atomic mass is 16.6. The van der Waals surface area contributed by atoms with Gasteiger partial charge in [-0.1, -0.05) is 79.8 Å². The van der Waals surface area contributed by atoms with Crippen molar-refractivity contribution in [1.82, 2.24) is 30.2 Å². The van der Waals surface area contributed by atoms with Crippen LogP contribution in [0.25, 0.3) is 0 Å². The molecular formula is C54H82N6O10. The van der Waals surface area contributed by atoms with Crippen LogP contribution in [0.2, 0.25) is 0 Å². The van der Waals surface area contributed by atoms with Crippen molar-refractivity contribution >= 4 is 47.1 Å². The quantitative estimate of drug-likeness (QED) is 0.0844. The molecule has 4 amide bonds. The van der Waals surface area contributed by atoms with Gasteiger partial charge in [0.2, 0.25) is 17.7 Å². The zero-order chi connectivity index (χ0) is 52.4. The van der Waals surface area contributed by atoms with E-state index in [9.17, 15) is 38.4 Å². The molecule has 3 rings (SSSR count). The lowest BCUT2D eigenvalue weighted by molar-refractivity contribution is -0.137. The van der Waals surface area contributed by atoms with Crippen molar-refractivity contribution in [2.75, 3.05) is 78.5 Å². The minimum Gasteiger partial charge on any atom is -0.478 e. The molecule has 70 heavy (non-hydrogen) atoms. The molecule has 0 spiro atoms. The van der Waals surface area contributed by atoms with Crippen LogP contribution in [-0.4, -0.2) is 156 Å². The van der Waals surface area contributed by atoms with Crippen LogP contribution < -0.4 is 10.6 Å². The molecule has 0 aromatic carbocycles. The first-order chi connectivity index (χ1) is 33.4. The molecule has 0 saturated carbocycles. The maximum Gasteiger partial charge on any atom is 0.410 e. The molecule has 3 aliphatic heterocycles. The average molecular weight is 975 g/mol. The number of nitrogens with one attached hydrogen (secondary N) is 2. The molecular weight excluding hydrogens is 893 g/mol. The predicted molar refractivity (Wildman–Crippen MR) is 278 cm³/mol. The van der Waals surface area contributed by atoms with Crippen molar-refractivity contribution in [3.8, 4) is 0 Å². The van der Waals surface area contributed by atoms with Crippen molar-refractivity contribution in [2.45, 2.75) is 105 Å². The van der Waals surface area contributed by atoms with Crippen LogP contribution in [0.4, 0.5) is 4.79 Å². The summed E-state index contributed by atoms with van der Waals surface area (Å²) in [5.41, 5.74) is -0.387. The number of hydrogen-bond acceptors (Lipinski definition) is 11. The van der Waals surface area contributed by atoms with Gasteiger partial charge in [0.1, 0.15) is 5.60 Å². The lowest BCUT2D eigenvalue weighted by Gasteiger charge is -2.34. The highest BCUT2D eigenvalue weighted by Crippen LogP contribution is 2.10. The maximum absolute atomic E-state index is 12.4. The van der Waals surface area contributed by atoms with Crippen LogP contribution in [0.5, 0.6) is 0 Å². The third kappa shape index (κ3) is 38.7. The summed E-state index contributed by atoms with van der Waals surface area (Å²) in [6, 6.07) is 0. The molecule has 16 nitrogen and oxygen atoms in total. The first-order valence-corrected chi connectivity index (χ1v) is 24.3. The summed E-state index contributed by atoms with van der Waals surface area (Å²) in [6.45, 7) is 20.4. The average Bonchev–Trinajstić information content (AvgIpc) is 3.33. The molecule has 16 heteroatoms. The minimum atomic E-state index is -1.10. The van der Waals surface area contributed by atoms with E-state index in [0.717, 1.165) is 109 Å². The summed E-state index contributed by atoms with van der Waals surface area (Å²) in [5, 5.41) is 14.3. The summed E-state index contributed by atoms with van der Waals surface area (Å²) < 4.78 is 5.24. The van der Waals surface area contributed by atoms with Crippen LogP contribution in [0.1, 0.15) is 99.8 Å². The SMILES string of the molecule is CC(=O)/C=C/C(=O)N1CCNCC1.CC(=O)/C=C/C(=O)O.CC(C)(C)OC(=O)N1CCNCC1.CC/C=C\C/C=C\C/C=C\C/C=C\C/C=C\C/C=C\CCC(=O)N1CCN(C(=O)/C=C/C(C)=O)CC1. The zero-order valence-electron chi connectivity index (χ0n) is 42.9. The summed E-state index contributed by atoms with van der Waals surface area (Å²) in [5.74, 6) is -1.71. The number of allylic oxidation sites excluding steroid dienone is 15. The number of amides is 4. The van der Waals surface area contributed by atoms with E-state index in [-0.39, 0.29) is 46.8 Å². The third-order valence-electron chi connectivity index (χ3n) is 9.64. The number of ketones is 3. The van der Waals surface area contributed by atoms with Gasteiger partial charge >= 0.3 is 12.1 Å². The second kappa shape index (κ2) is 40.6. The number of nitrogens with zero attached hydrogens (tertiary/aromatic N) is 4. The molecule has 0 unspecified atom stereocenters. The lowest BCUT2D eigenvalue weighted by atomic mass is 10.2. The van der Waals surface area contributed by atoms with Gasteiger partial charge in [-0.05, 0) is 105 Å². The van der Waals surface area contributed by atoms with Gasteiger partial charge in [-0.25, -0.2) is 9.59 Å². The van der Waals surface area contributed by atoms with Crippen LogP contribution in [0.15, 0.2) is 109 Å². The molecule has 0 bridgehead atoms. The van der Waals surface area contributed by atoms with Gasteiger partial charge in [0.05, 0.1) is 0 Å². The monoisotopic (exact) mass is 975 g/mol. The van der Waals surface area contributed by atoms with Crippen molar-refractivity contribution < 1.29 is 48.2 Å². The molecule has 3 fully saturated rings. The maximum atomic E-state index is 12.4. The Labute approximate surface area is 417 Å². The molecule has 0 aromatic heterocycles. The largest absolute Gasteiger partial charge is 0.478 e. The fourth-order valence-electron chi connectivity index (χ4n) is 6.02. The number of carbonyl (C=O) groups excluding carboxylic acids is 7. The Bertz CT molecular complexity index is 1850. The highest BCUT2D eigenvalue weighted by Gasteiger charge is 2.24. The Kier molecular flexibility index (Phi) is 37.0. The van der Waals surface area contributed by atoms with Gasteiger partial charge < -0.3 is 40.1 Å². The van der Waals surface area contributed by atoms with Gasteiger partial charge in [0.15, 0.2) is 17.3 Å². The van der Waals surface area contributed by atoms with Gasteiger partial charge in [-0.15, -0.1) is 0 Å². The van der Waals surface area contributed by atoms with E-state index >= 15 is 0 Å². The summed E-state index contributed by atoms with van der Waals surface area (Å²) in [7, 11) is 0. The fourth-order valence-corrected chi connectivity index (χ4v) is 6.02. The first kappa shape index (κ1) is 63.7. The number of carboxylic acid groups (broad SMARTS) is 1. The highest BCUT2D eigenvalue weighted by molar-refractivity contribution is 5.97. The second-order valence-corrected chi connectivity index (χ2v) is 17.1. The number of carbonyl (C=O) groups is 8. The number of rotatable bonds is 20. The number of piperazine rings is 3. The van der Waals surface area contributed by atoms with E-state index in [4.69, 9.17) is 9.84 Å². The van der Waals surface area contributed by atoms with E-state index in [1.165, 1.54) is 45.1 Å². The summed E-state index contributed by atoms with van der Waals surface area (Å²) in [6.07, 6.45) is 40.0. The molecule has 3 N–H and O–H groups in total. The third-order valence-corrected chi connectivity index (χ3v) is 9.64. The molecule has 388 valence electrons. The number of carboxylic acids is 1. The smallest absolute Gasteiger partial charge is 0.410 e. The molecule has 0 aliphatic carbocycles. The van der Waals surface area contributed by atoms with Crippen LogP contribution in [0, 0.1) is 0 Å². The lowest BCUT2D eigenvalue weighted by Crippen LogP contribution is -2.50. The van der Waals surface area contributed by atoms with E-state index in [1.54, 1.807) is 14.7 Å². The standard InChI is InChI=1S/C31H44N2O3.C9H18N2O2.C9H14N2O2.C5H6O3/c1-3-4-5-6-7-8-9-10-11-12-13-14-15-16-17-18-19-20-21-22-30(35)32-25-27-33(28-26-32)31(36)24-23-29(2)34;1-9(2,3)13-8(12)11-6-4-10-5-7-11;1-8(12)2-3-9(13)11-6-4-10-5-7-11;1-4(6)2-3-5(7)8/h4-5,7-8,10-11,13-14,16-17,19-20,23-24H,3,6,9,12,15,18,21-22,25-28H2,1-2H3;10H,4-7H2,1-3H3;2-3,10H,4-7H2,1H3;2-3H,1H3,(H,7,8)/b5-4-,8-7-,11-10-,14-13-,17-16-,20-19-,24-23+;;2*3-2+. The Balaban J connectivity index is 0.00000112. The van der Waals surface area contributed by atoms with Crippen molar-refractivity contribution in [1.29, 1.82) is 0 Å². The van der Waals surface area contributed by atoms with Gasteiger partial charge in [0, 0.05) is 103 Å². The van der Waals surface area contributed by atoms with E-state index in [2.05, 4.69) is 90.5 Å². The Morgan fingerprint density at radius 1 is 0.471 bits per heavy atom. The molecule has 3 aliphatic rings. The number of aliphatic carboxylic acids is 1. The molecule has 0 aromatic rings. The summed E-state index contributed by atoms with van der Waals surface area (Å²) >= 11 is 0. The normalized spacial score (nSPS) is 15.8. The number of hydrogen-bond donors (Lipinski definition) is 3. The Morgan fingerprint density at radius 2 is 0.814 bits per heavy atom. The fraction of sp³-hybridized carbons (Fsp3) is 0.519.